The Bertz CT molecular complexity index is 507. The Labute approximate surface area is 158 Å². The molecular weight excluding hydrogens is 436 g/mol. The van der Waals surface area contributed by atoms with Crippen LogP contribution >= 0.6 is 35.6 Å². The molecule has 1 heterocycles. The quantitative estimate of drug-likeness (QED) is 0.429. The molecule has 8 heteroatoms. The Hall–Kier alpha value is -0.640. The summed E-state index contributed by atoms with van der Waals surface area (Å²) in [7, 11) is 3.51. The largest absolute Gasteiger partial charge is 0.376 e. The Balaban J connectivity index is 0.00000264. The predicted molar refractivity (Wildman–Crippen MR) is 100 cm³/mol. The first-order valence-electron chi connectivity index (χ1n) is 7.16. The molecule has 1 N–H and O–H groups in total. The number of hydrogen-bond acceptors (Lipinski definition) is 3. The molecule has 5 nitrogen and oxygen atoms in total. The van der Waals surface area contributed by atoms with Crippen molar-refractivity contribution in [2.75, 3.05) is 40.5 Å². The Kier molecular flexibility index (Phi) is 9.11. The minimum atomic E-state index is -0.321. The monoisotopic (exact) mass is 457 g/mol. The standard InChI is InChI=1S/C15H21ClFN3O2.HI/c1-18-15(19-8-11-10-21-6-7-22-11)20(2)9-12-13(16)4-3-5-14(12)17;/h3-5,11H,6-10H2,1-2H3,(H,18,19);1H. The zero-order valence-electron chi connectivity index (χ0n) is 13.2. The lowest BCUT2D eigenvalue weighted by molar-refractivity contribution is -0.0851. The van der Waals surface area contributed by atoms with E-state index >= 15 is 0 Å². The molecule has 1 aromatic carbocycles. The van der Waals surface area contributed by atoms with Crippen LogP contribution in [-0.4, -0.2) is 57.4 Å². The molecule has 1 aliphatic heterocycles. The second-order valence-electron chi connectivity index (χ2n) is 5.05. The summed E-state index contributed by atoms with van der Waals surface area (Å²) in [5.74, 6) is 0.326. The summed E-state index contributed by atoms with van der Waals surface area (Å²) in [6.45, 7) is 2.71. The van der Waals surface area contributed by atoms with Crippen LogP contribution in [0.25, 0.3) is 0 Å². The number of nitrogens with zero attached hydrogens (tertiary/aromatic N) is 2. The molecule has 1 aliphatic rings. The van der Waals surface area contributed by atoms with Gasteiger partial charge in [0.05, 0.1) is 25.9 Å². The number of guanidine groups is 1. The highest BCUT2D eigenvalue weighted by atomic mass is 127. The van der Waals surface area contributed by atoms with Crippen molar-refractivity contribution in [1.29, 1.82) is 0 Å². The van der Waals surface area contributed by atoms with Gasteiger partial charge in [-0.2, -0.15) is 0 Å². The minimum Gasteiger partial charge on any atom is -0.376 e. The second kappa shape index (κ2) is 10.3. The fourth-order valence-corrected chi connectivity index (χ4v) is 2.46. The van der Waals surface area contributed by atoms with Crippen LogP contribution in [0.4, 0.5) is 4.39 Å². The summed E-state index contributed by atoms with van der Waals surface area (Å²) in [5, 5.41) is 3.61. The van der Waals surface area contributed by atoms with Crippen molar-refractivity contribution in [2.45, 2.75) is 12.6 Å². The van der Waals surface area contributed by atoms with E-state index in [1.807, 2.05) is 11.9 Å². The number of halogens is 3. The van der Waals surface area contributed by atoms with Gasteiger partial charge in [-0.25, -0.2) is 4.39 Å². The third-order valence-corrected chi connectivity index (χ3v) is 3.76. The molecular formula is C15H22ClFIN3O2. The smallest absolute Gasteiger partial charge is 0.193 e. The molecule has 130 valence electrons. The molecule has 0 amide bonds. The maximum atomic E-state index is 13.8. The van der Waals surface area contributed by atoms with Gasteiger partial charge in [-0.1, -0.05) is 17.7 Å². The van der Waals surface area contributed by atoms with Gasteiger partial charge >= 0.3 is 0 Å². The van der Waals surface area contributed by atoms with E-state index < -0.39 is 0 Å². The second-order valence-corrected chi connectivity index (χ2v) is 5.46. The molecule has 1 aromatic rings. The van der Waals surface area contributed by atoms with Crippen LogP contribution < -0.4 is 5.32 Å². The van der Waals surface area contributed by atoms with E-state index in [0.717, 1.165) is 0 Å². The van der Waals surface area contributed by atoms with Gasteiger partial charge in [-0.3, -0.25) is 4.99 Å². The zero-order valence-corrected chi connectivity index (χ0v) is 16.3. The van der Waals surface area contributed by atoms with Gasteiger partial charge in [0.25, 0.3) is 0 Å². The van der Waals surface area contributed by atoms with Crippen LogP contribution in [0.3, 0.4) is 0 Å². The van der Waals surface area contributed by atoms with Crippen LogP contribution in [-0.2, 0) is 16.0 Å². The minimum absolute atomic E-state index is 0. The van der Waals surface area contributed by atoms with Crippen LogP contribution in [0.2, 0.25) is 5.02 Å². The van der Waals surface area contributed by atoms with Crippen LogP contribution in [0.5, 0.6) is 0 Å². The average molecular weight is 458 g/mol. The lowest BCUT2D eigenvalue weighted by atomic mass is 10.2. The van der Waals surface area contributed by atoms with Crippen molar-refractivity contribution in [3.05, 3.63) is 34.6 Å². The van der Waals surface area contributed by atoms with Gasteiger partial charge in [-0.05, 0) is 12.1 Å². The maximum Gasteiger partial charge on any atom is 0.193 e. The molecule has 0 spiro atoms. The third-order valence-electron chi connectivity index (χ3n) is 3.40. The zero-order chi connectivity index (χ0) is 15.9. The number of rotatable bonds is 4. The van der Waals surface area contributed by atoms with E-state index in [2.05, 4.69) is 10.3 Å². The van der Waals surface area contributed by atoms with Gasteiger partial charge in [0, 0.05) is 37.8 Å². The fourth-order valence-electron chi connectivity index (χ4n) is 2.24. The molecule has 1 unspecified atom stereocenters. The topological polar surface area (TPSA) is 46.1 Å². The Morgan fingerprint density at radius 1 is 1.48 bits per heavy atom. The maximum absolute atomic E-state index is 13.8. The molecule has 2 rings (SSSR count). The van der Waals surface area contributed by atoms with Gasteiger partial charge in [0.1, 0.15) is 5.82 Å². The molecule has 0 aliphatic carbocycles. The highest BCUT2D eigenvalue weighted by Gasteiger charge is 2.17. The molecule has 0 aromatic heterocycles. The number of ether oxygens (including phenoxy) is 2. The number of benzene rings is 1. The van der Waals surface area contributed by atoms with E-state index in [1.165, 1.54) is 6.07 Å². The van der Waals surface area contributed by atoms with Gasteiger partial charge in [0.15, 0.2) is 5.96 Å². The van der Waals surface area contributed by atoms with Crippen molar-refractivity contribution in [2.24, 2.45) is 4.99 Å². The lowest BCUT2D eigenvalue weighted by Gasteiger charge is -2.27. The first-order chi connectivity index (χ1) is 10.6. The summed E-state index contributed by atoms with van der Waals surface area (Å²) >= 11 is 6.06. The van der Waals surface area contributed by atoms with Crippen molar-refractivity contribution >= 4 is 41.5 Å². The fraction of sp³-hybridized carbons (Fsp3) is 0.533. The first-order valence-corrected chi connectivity index (χ1v) is 7.53. The predicted octanol–water partition coefficient (Wildman–Crippen LogP) is 2.52. The normalized spacial score (nSPS) is 18.3. The Morgan fingerprint density at radius 2 is 2.26 bits per heavy atom. The van der Waals surface area contributed by atoms with E-state index in [4.69, 9.17) is 21.1 Å². The number of aliphatic imine (C=N–C) groups is 1. The highest BCUT2D eigenvalue weighted by Crippen LogP contribution is 2.20. The SMILES string of the molecule is CN=C(NCC1COCCO1)N(C)Cc1c(F)cccc1Cl.I. The molecule has 0 saturated carbocycles. The van der Waals surface area contributed by atoms with Crippen molar-refractivity contribution in [1.82, 2.24) is 10.2 Å². The van der Waals surface area contributed by atoms with E-state index in [1.54, 1.807) is 19.2 Å². The average Bonchev–Trinajstić information content (AvgIpc) is 2.52. The van der Waals surface area contributed by atoms with Crippen LogP contribution in [0, 0.1) is 5.82 Å². The van der Waals surface area contributed by atoms with E-state index in [9.17, 15) is 4.39 Å². The van der Waals surface area contributed by atoms with E-state index in [0.29, 0.717) is 49.5 Å². The van der Waals surface area contributed by atoms with Gasteiger partial charge in [0.2, 0.25) is 0 Å². The summed E-state index contributed by atoms with van der Waals surface area (Å²) in [5.41, 5.74) is 0.451. The molecule has 1 saturated heterocycles. The van der Waals surface area contributed by atoms with Gasteiger partial charge in [-0.15, -0.1) is 24.0 Å². The van der Waals surface area contributed by atoms with Crippen molar-refractivity contribution in [3.8, 4) is 0 Å². The van der Waals surface area contributed by atoms with E-state index in [-0.39, 0.29) is 35.9 Å². The summed E-state index contributed by atoms with van der Waals surface area (Å²) in [4.78, 5) is 6.01. The first kappa shape index (κ1) is 20.4. The third kappa shape index (κ3) is 6.06. The highest BCUT2D eigenvalue weighted by molar-refractivity contribution is 14.0. The van der Waals surface area contributed by atoms with Crippen molar-refractivity contribution in [3.63, 3.8) is 0 Å². The molecule has 1 fully saturated rings. The summed E-state index contributed by atoms with van der Waals surface area (Å²) in [6, 6.07) is 4.67. The van der Waals surface area contributed by atoms with Crippen LogP contribution in [0.15, 0.2) is 23.2 Å². The van der Waals surface area contributed by atoms with Crippen LogP contribution in [0.1, 0.15) is 5.56 Å². The Morgan fingerprint density at radius 3 is 2.87 bits per heavy atom. The molecule has 23 heavy (non-hydrogen) atoms. The van der Waals surface area contributed by atoms with Gasteiger partial charge < -0.3 is 19.7 Å². The number of hydrogen-bond donors (Lipinski definition) is 1. The number of nitrogens with one attached hydrogen (secondary N) is 1. The molecule has 0 bridgehead atoms. The van der Waals surface area contributed by atoms with Crippen molar-refractivity contribution < 1.29 is 13.9 Å². The summed E-state index contributed by atoms with van der Waals surface area (Å²) in [6.07, 6.45) is -0.00375. The molecule has 0 radical (unpaired) electrons. The lowest BCUT2D eigenvalue weighted by Crippen LogP contribution is -2.45. The summed E-state index contributed by atoms with van der Waals surface area (Å²) < 4.78 is 24.8. The molecule has 1 atom stereocenters.